The molecule has 0 bridgehead atoms. The van der Waals surface area contributed by atoms with Gasteiger partial charge in [0.1, 0.15) is 0 Å². The summed E-state index contributed by atoms with van der Waals surface area (Å²) in [5, 5.41) is 4.76. The Balaban J connectivity index is 1.42. The molecule has 4 nitrogen and oxygen atoms in total. The van der Waals surface area contributed by atoms with Crippen molar-refractivity contribution in [3.8, 4) is 33.4 Å². The van der Waals surface area contributed by atoms with Crippen LogP contribution in [-0.4, -0.2) is 25.2 Å². The van der Waals surface area contributed by atoms with Gasteiger partial charge in [0.2, 0.25) is 0 Å². The Morgan fingerprint density at radius 1 is 0.531 bits per heavy atom. The lowest BCUT2D eigenvalue weighted by Crippen LogP contribution is -2.30. The highest BCUT2D eigenvalue weighted by molar-refractivity contribution is 6.00. The van der Waals surface area contributed by atoms with Gasteiger partial charge in [-0.25, -0.2) is 9.59 Å². The van der Waals surface area contributed by atoms with Crippen LogP contribution < -0.4 is 0 Å². The number of rotatable bonds is 10. The summed E-state index contributed by atoms with van der Waals surface area (Å²) in [6, 6.07) is 43.1. The van der Waals surface area contributed by atoms with Crippen LogP contribution in [0.15, 0.2) is 146 Å². The first-order valence-corrected chi connectivity index (χ1v) is 16.7. The van der Waals surface area contributed by atoms with Crippen LogP contribution in [0.1, 0.15) is 37.8 Å². The Labute approximate surface area is 287 Å². The van der Waals surface area contributed by atoms with Gasteiger partial charge in [-0.15, -0.1) is 0 Å². The molecular formula is C45H38O4. The number of ether oxygens (including phenoxy) is 2. The molecule has 7 rings (SSSR count). The number of hydrogen-bond acceptors (Lipinski definition) is 4. The lowest BCUT2D eigenvalue weighted by atomic mass is 9.73. The van der Waals surface area contributed by atoms with Gasteiger partial charge in [0, 0.05) is 16.6 Å². The van der Waals surface area contributed by atoms with Gasteiger partial charge in [0.25, 0.3) is 0 Å². The van der Waals surface area contributed by atoms with E-state index in [9.17, 15) is 9.59 Å². The molecule has 242 valence electrons. The number of fused-ring (bicyclic) bond motifs is 5. The van der Waals surface area contributed by atoms with E-state index in [-0.39, 0.29) is 13.2 Å². The zero-order chi connectivity index (χ0) is 34.1. The third-order valence-electron chi connectivity index (χ3n) is 9.78. The smallest absolute Gasteiger partial charge is 0.333 e. The molecule has 0 unspecified atom stereocenters. The molecule has 0 fully saturated rings. The summed E-state index contributed by atoms with van der Waals surface area (Å²) in [4.78, 5) is 25.0. The van der Waals surface area contributed by atoms with Crippen molar-refractivity contribution in [1.29, 1.82) is 0 Å². The molecule has 0 atom stereocenters. The second-order valence-electron chi connectivity index (χ2n) is 13.0. The van der Waals surface area contributed by atoms with Crippen molar-refractivity contribution in [1.82, 2.24) is 0 Å². The first kappa shape index (κ1) is 31.8. The molecule has 0 aliphatic heterocycles. The van der Waals surface area contributed by atoms with Crippen molar-refractivity contribution in [3.05, 3.63) is 157 Å². The van der Waals surface area contributed by atoms with Crippen LogP contribution in [0.25, 0.3) is 54.9 Å². The van der Waals surface area contributed by atoms with E-state index >= 15 is 0 Å². The van der Waals surface area contributed by atoms with Crippen LogP contribution in [0.3, 0.4) is 0 Å². The first-order chi connectivity index (χ1) is 23.8. The molecule has 0 saturated carbocycles. The molecule has 6 aromatic rings. The van der Waals surface area contributed by atoms with Crippen molar-refractivity contribution in [3.63, 3.8) is 0 Å². The van der Waals surface area contributed by atoms with E-state index < -0.39 is 17.4 Å². The highest BCUT2D eigenvalue weighted by atomic mass is 16.5. The van der Waals surface area contributed by atoms with E-state index in [2.05, 4.69) is 134 Å². The lowest BCUT2D eigenvalue weighted by Gasteiger charge is -2.32. The Kier molecular flexibility index (Phi) is 8.48. The summed E-state index contributed by atoms with van der Waals surface area (Å²) < 4.78 is 11.4. The quantitative estimate of drug-likeness (QED) is 0.110. The van der Waals surface area contributed by atoms with Crippen LogP contribution in [0.5, 0.6) is 0 Å². The second kappa shape index (κ2) is 13.0. The predicted octanol–water partition coefficient (Wildman–Crippen LogP) is 10.6. The van der Waals surface area contributed by atoms with E-state index in [0.717, 1.165) is 44.5 Å². The van der Waals surface area contributed by atoms with Gasteiger partial charge in [0.05, 0.1) is 13.2 Å². The summed E-state index contributed by atoms with van der Waals surface area (Å²) in [5.74, 6) is -0.833. The van der Waals surface area contributed by atoms with E-state index in [1.165, 1.54) is 21.5 Å². The van der Waals surface area contributed by atoms with Crippen molar-refractivity contribution >= 4 is 33.5 Å². The molecular weight excluding hydrogens is 604 g/mol. The molecule has 4 heteroatoms. The summed E-state index contributed by atoms with van der Waals surface area (Å²) in [6.45, 7) is 11.2. The Morgan fingerprint density at radius 2 is 0.939 bits per heavy atom. The molecule has 0 heterocycles. The second-order valence-corrected chi connectivity index (χ2v) is 13.0. The maximum Gasteiger partial charge on any atom is 0.333 e. The van der Waals surface area contributed by atoms with Gasteiger partial charge >= 0.3 is 11.9 Å². The first-order valence-electron chi connectivity index (χ1n) is 16.7. The third kappa shape index (κ3) is 5.84. The number of hydrogen-bond donors (Lipinski definition) is 0. The van der Waals surface area contributed by atoms with Gasteiger partial charge in [-0.2, -0.15) is 0 Å². The van der Waals surface area contributed by atoms with Crippen molar-refractivity contribution < 1.29 is 19.1 Å². The van der Waals surface area contributed by atoms with Crippen LogP contribution in [0.4, 0.5) is 0 Å². The molecule has 0 N–H and O–H groups in total. The van der Waals surface area contributed by atoms with Crippen LogP contribution in [0.2, 0.25) is 0 Å². The highest BCUT2D eigenvalue weighted by Gasteiger charge is 2.43. The number of carbonyl (C=O) groups is 2. The average molecular weight is 643 g/mol. The van der Waals surface area contributed by atoms with Crippen LogP contribution in [0, 0.1) is 0 Å². The van der Waals surface area contributed by atoms with E-state index in [1.54, 1.807) is 13.8 Å². The fourth-order valence-electron chi connectivity index (χ4n) is 7.35. The van der Waals surface area contributed by atoms with Crippen molar-refractivity contribution in [2.45, 2.75) is 32.1 Å². The van der Waals surface area contributed by atoms with E-state index in [4.69, 9.17) is 9.47 Å². The summed E-state index contributed by atoms with van der Waals surface area (Å²) >= 11 is 0. The third-order valence-corrected chi connectivity index (χ3v) is 9.78. The molecule has 0 saturated heterocycles. The molecule has 0 spiro atoms. The van der Waals surface area contributed by atoms with Crippen LogP contribution in [-0.2, 0) is 24.5 Å². The molecule has 1 aliphatic carbocycles. The van der Waals surface area contributed by atoms with Gasteiger partial charge < -0.3 is 9.47 Å². The fraction of sp³-hybridized carbons (Fsp3) is 0.156. The number of esters is 2. The zero-order valence-electron chi connectivity index (χ0n) is 27.9. The average Bonchev–Trinajstić information content (AvgIpc) is 3.39. The molecule has 0 amide bonds. The van der Waals surface area contributed by atoms with Gasteiger partial charge in [-0.05, 0) is 105 Å². The summed E-state index contributed by atoms with van der Waals surface area (Å²) in [5.41, 5.74) is 9.20. The topological polar surface area (TPSA) is 52.6 Å². The molecule has 1 aliphatic rings. The minimum absolute atomic E-state index is 0.190. The maximum absolute atomic E-state index is 12.5. The van der Waals surface area contributed by atoms with Crippen molar-refractivity contribution in [2.75, 3.05) is 13.2 Å². The Hall–Kier alpha value is -5.74. The Bertz CT molecular complexity index is 2120. The predicted molar refractivity (Wildman–Crippen MR) is 199 cm³/mol. The zero-order valence-corrected chi connectivity index (χ0v) is 27.9. The lowest BCUT2D eigenvalue weighted by molar-refractivity contribution is -0.139. The fourth-order valence-corrected chi connectivity index (χ4v) is 7.35. The van der Waals surface area contributed by atoms with E-state index in [1.807, 2.05) is 0 Å². The molecule has 6 aromatic carbocycles. The molecule has 49 heavy (non-hydrogen) atoms. The monoisotopic (exact) mass is 642 g/mol. The maximum atomic E-state index is 12.5. The van der Waals surface area contributed by atoms with Gasteiger partial charge in [-0.3, -0.25) is 0 Å². The minimum atomic E-state index is -0.579. The minimum Gasteiger partial charge on any atom is -0.462 e. The normalized spacial score (nSPS) is 12.7. The molecule has 0 radical (unpaired) electrons. The highest BCUT2D eigenvalue weighted by Crippen LogP contribution is 2.55. The summed E-state index contributed by atoms with van der Waals surface area (Å²) in [7, 11) is 0. The SMILES string of the molecule is C=C(C)C(=O)OCCC1(CCOC(=O)C(=C)C)c2ccc(-c3cccc4ccccc34)cc2-c2cc(-c3cccc4ccccc34)ccc21. The summed E-state index contributed by atoms with van der Waals surface area (Å²) in [6.07, 6.45) is 1.02. The largest absolute Gasteiger partial charge is 0.462 e. The van der Waals surface area contributed by atoms with Crippen molar-refractivity contribution in [2.24, 2.45) is 0 Å². The van der Waals surface area contributed by atoms with Gasteiger partial charge in [0.15, 0.2) is 0 Å². The standard InChI is InChI=1S/C45H38O4/c1-29(2)43(46)48-25-23-45(24-26-49-44(47)30(3)4)41-21-19-33(37-17-9-13-31-11-5-7-15-35(31)37)27-39(41)40-28-34(20-22-42(40)45)38-18-10-14-32-12-6-8-16-36(32)38/h5-22,27-28H,1,3,23-26H2,2,4H3. The molecule has 0 aromatic heterocycles. The van der Waals surface area contributed by atoms with E-state index in [0.29, 0.717) is 24.0 Å². The number of benzene rings is 6. The van der Waals surface area contributed by atoms with Crippen LogP contribution >= 0.6 is 0 Å². The number of carbonyl (C=O) groups excluding carboxylic acids is 2. The van der Waals surface area contributed by atoms with Gasteiger partial charge in [-0.1, -0.05) is 122 Å². The Morgan fingerprint density at radius 3 is 1.37 bits per heavy atom.